The molecule has 1 heterocycles. The van der Waals surface area contributed by atoms with Crippen LogP contribution >= 0.6 is 0 Å². The molecule has 2 N–H and O–H groups in total. The number of carbonyl (C=O) groups excluding carboxylic acids is 1. The van der Waals surface area contributed by atoms with Crippen LogP contribution in [0.3, 0.4) is 0 Å². The molecule has 0 aliphatic carbocycles. The van der Waals surface area contributed by atoms with E-state index in [1.54, 1.807) is 13.1 Å². The summed E-state index contributed by atoms with van der Waals surface area (Å²) in [5.41, 5.74) is 2.20. The predicted molar refractivity (Wildman–Crippen MR) is 37.7 cm³/mol. The van der Waals surface area contributed by atoms with Gasteiger partial charge in [-0.25, -0.2) is 10.5 Å². The molecule has 0 bridgehead atoms. The highest BCUT2D eigenvalue weighted by molar-refractivity contribution is 5.89. The Morgan fingerprint density at radius 1 is 1.91 bits per heavy atom. The number of nitrogens with zero attached hydrogens (tertiary/aromatic N) is 1. The lowest BCUT2D eigenvalue weighted by Gasteiger charge is -1.99. The van der Waals surface area contributed by atoms with Crippen LogP contribution in [0.1, 0.15) is 17.5 Å². The lowest BCUT2D eigenvalue weighted by atomic mass is 10.6. The molecule has 0 aliphatic rings. The van der Waals surface area contributed by atoms with E-state index in [-0.39, 0.29) is 11.7 Å². The van der Waals surface area contributed by atoms with Crippen LogP contribution in [0.4, 0.5) is 0 Å². The third kappa shape index (κ3) is 2.05. The van der Waals surface area contributed by atoms with E-state index in [9.17, 15) is 4.79 Å². The molecule has 0 unspecified atom stereocenters. The summed E-state index contributed by atoms with van der Waals surface area (Å²) in [6.07, 6.45) is 3.07. The maximum absolute atomic E-state index is 10.9. The Labute approximate surface area is 63.7 Å². The summed E-state index contributed by atoms with van der Waals surface area (Å²) in [7, 11) is 0. The van der Waals surface area contributed by atoms with Crippen molar-refractivity contribution in [3.8, 4) is 0 Å². The van der Waals surface area contributed by atoms with Crippen LogP contribution in [0.5, 0.6) is 0 Å². The molecule has 1 amide bonds. The van der Waals surface area contributed by atoms with E-state index >= 15 is 0 Å². The third-order valence-corrected chi connectivity index (χ3v) is 1.02. The molecule has 0 aromatic carbocycles. The second-order valence-corrected chi connectivity index (χ2v) is 1.80. The van der Waals surface area contributed by atoms with Gasteiger partial charge in [-0.1, -0.05) is 0 Å². The van der Waals surface area contributed by atoms with Crippen molar-refractivity contribution in [2.45, 2.75) is 6.92 Å². The molecule has 5 nitrogen and oxygen atoms in total. The van der Waals surface area contributed by atoms with Crippen molar-refractivity contribution in [1.29, 1.82) is 0 Å². The van der Waals surface area contributed by atoms with Crippen LogP contribution in [0.15, 0.2) is 12.4 Å². The largest absolute Gasteiger partial charge is 0.340 e. The third-order valence-electron chi connectivity index (χ3n) is 1.02. The Bertz CT molecular complexity index is 220. The first kappa shape index (κ1) is 7.74. The Morgan fingerprint density at radius 2 is 2.73 bits per heavy atom. The quantitative estimate of drug-likeness (QED) is 0.608. The number of H-pyrrole nitrogens is 1. The minimum absolute atomic E-state index is 0.249. The normalized spacial score (nSPS) is 9.55. The van der Waals surface area contributed by atoms with E-state index in [1.165, 1.54) is 6.20 Å². The first-order chi connectivity index (χ1) is 5.34. The molecule has 0 aliphatic heterocycles. The van der Waals surface area contributed by atoms with Gasteiger partial charge in [0.25, 0.3) is 0 Å². The van der Waals surface area contributed by atoms with Crippen LogP contribution in [-0.2, 0) is 4.84 Å². The van der Waals surface area contributed by atoms with Gasteiger partial charge < -0.3 is 4.98 Å². The molecule has 0 atom stereocenters. The summed E-state index contributed by atoms with van der Waals surface area (Å²) in [4.78, 5) is 22.0. The summed E-state index contributed by atoms with van der Waals surface area (Å²) < 4.78 is 0. The second kappa shape index (κ2) is 3.72. The van der Waals surface area contributed by atoms with Gasteiger partial charge in [0.15, 0.2) is 5.82 Å². The van der Waals surface area contributed by atoms with Crippen LogP contribution in [-0.4, -0.2) is 22.5 Å². The van der Waals surface area contributed by atoms with Gasteiger partial charge in [-0.05, 0) is 6.92 Å². The summed E-state index contributed by atoms with van der Waals surface area (Å²) in [5, 5.41) is 0. The second-order valence-electron chi connectivity index (χ2n) is 1.80. The molecule has 0 saturated heterocycles. The van der Waals surface area contributed by atoms with Crippen molar-refractivity contribution < 1.29 is 9.63 Å². The number of imidazole rings is 1. The van der Waals surface area contributed by atoms with Gasteiger partial charge in [0.1, 0.15) is 0 Å². The fraction of sp³-hybridized carbons (Fsp3) is 0.333. The highest BCUT2D eigenvalue weighted by Gasteiger charge is 2.05. The van der Waals surface area contributed by atoms with E-state index in [2.05, 4.69) is 20.3 Å². The van der Waals surface area contributed by atoms with Crippen LogP contribution < -0.4 is 5.48 Å². The van der Waals surface area contributed by atoms with Gasteiger partial charge >= 0.3 is 5.91 Å². The molecule has 11 heavy (non-hydrogen) atoms. The average Bonchev–Trinajstić information content (AvgIpc) is 2.52. The SMILES string of the molecule is CCONC(=O)c1ncc[nH]1. The van der Waals surface area contributed by atoms with E-state index in [0.717, 1.165) is 0 Å². The number of aromatic amines is 1. The van der Waals surface area contributed by atoms with Gasteiger partial charge in [0.2, 0.25) is 0 Å². The number of hydrogen-bond acceptors (Lipinski definition) is 3. The molecule has 1 aromatic rings. The Kier molecular flexibility index (Phi) is 2.62. The number of hydroxylamine groups is 1. The zero-order valence-corrected chi connectivity index (χ0v) is 6.13. The number of nitrogens with one attached hydrogen (secondary N) is 2. The molecule has 1 aromatic heterocycles. The zero-order chi connectivity index (χ0) is 8.10. The summed E-state index contributed by atoms with van der Waals surface area (Å²) >= 11 is 0. The van der Waals surface area contributed by atoms with Crippen LogP contribution in [0, 0.1) is 0 Å². The number of amides is 1. The first-order valence-electron chi connectivity index (χ1n) is 3.26. The molecular weight excluding hydrogens is 146 g/mol. The summed E-state index contributed by atoms with van der Waals surface area (Å²) in [6.45, 7) is 2.22. The monoisotopic (exact) mass is 155 g/mol. The number of rotatable bonds is 3. The summed E-state index contributed by atoms with van der Waals surface area (Å²) in [5.74, 6) is -0.115. The lowest BCUT2D eigenvalue weighted by Crippen LogP contribution is -2.24. The van der Waals surface area contributed by atoms with Gasteiger partial charge in [-0.2, -0.15) is 0 Å². The van der Waals surface area contributed by atoms with Crippen molar-refractivity contribution in [1.82, 2.24) is 15.4 Å². The fourth-order valence-corrected chi connectivity index (χ4v) is 0.576. The van der Waals surface area contributed by atoms with Crippen molar-refractivity contribution in [3.63, 3.8) is 0 Å². The number of aromatic nitrogens is 2. The maximum atomic E-state index is 10.9. The molecule has 0 saturated carbocycles. The van der Waals surface area contributed by atoms with Gasteiger partial charge in [-0.3, -0.25) is 9.63 Å². The molecule has 1 rings (SSSR count). The maximum Gasteiger partial charge on any atom is 0.310 e. The molecule has 5 heteroatoms. The number of carbonyl (C=O) groups is 1. The van der Waals surface area contributed by atoms with Crippen LogP contribution in [0.25, 0.3) is 0 Å². The minimum Gasteiger partial charge on any atom is -0.340 e. The first-order valence-corrected chi connectivity index (χ1v) is 3.26. The number of hydrogen-bond donors (Lipinski definition) is 2. The average molecular weight is 155 g/mol. The Balaban J connectivity index is 2.43. The molecular formula is C6H9N3O2. The van der Waals surface area contributed by atoms with Gasteiger partial charge in [0, 0.05) is 12.4 Å². The van der Waals surface area contributed by atoms with E-state index < -0.39 is 0 Å². The molecule has 0 spiro atoms. The minimum atomic E-state index is -0.364. The van der Waals surface area contributed by atoms with Crippen molar-refractivity contribution in [2.24, 2.45) is 0 Å². The fourth-order valence-electron chi connectivity index (χ4n) is 0.576. The van der Waals surface area contributed by atoms with Crippen molar-refractivity contribution >= 4 is 5.91 Å². The molecule has 60 valence electrons. The topological polar surface area (TPSA) is 67.0 Å². The zero-order valence-electron chi connectivity index (χ0n) is 6.13. The van der Waals surface area contributed by atoms with E-state index in [1.807, 2.05) is 0 Å². The molecule has 0 fully saturated rings. The smallest absolute Gasteiger partial charge is 0.310 e. The van der Waals surface area contributed by atoms with Crippen molar-refractivity contribution in [2.75, 3.05) is 6.61 Å². The lowest BCUT2D eigenvalue weighted by molar-refractivity contribution is 0.0356. The Hall–Kier alpha value is -1.36. The van der Waals surface area contributed by atoms with E-state index in [4.69, 9.17) is 0 Å². The Morgan fingerprint density at radius 3 is 3.27 bits per heavy atom. The highest BCUT2D eigenvalue weighted by Crippen LogP contribution is 1.86. The highest BCUT2D eigenvalue weighted by atomic mass is 16.6. The molecule has 0 radical (unpaired) electrons. The van der Waals surface area contributed by atoms with Crippen LogP contribution in [0.2, 0.25) is 0 Å². The van der Waals surface area contributed by atoms with Crippen molar-refractivity contribution in [3.05, 3.63) is 18.2 Å². The van der Waals surface area contributed by atoms with Gasteiger partial charge in [-0.15, -0.1) is 0 Å². The standard InChI is InChI=1S/C6H9N3O2/c1-2-11-9-6(10)5-7-3-4-8-5/h3-4H,2H2,1H3,(H,7,8)(H,9,10). The van der Waals surface area contributed by atoms with Gasteiger partial charge in [0.05, 0.1) is 6.61 Å². The predicted octanol–water partition coefficient (Wildman–Crippen LogP) is 0.0910. The van der Waals surface area contributed by atoms with E-state index in [0.29, 0.717) is 6.61 Å². The summed E-state index contributed by atoms with van der Waals surface area (Å²) in [6, 6.07) is 0.